The van der Waals surface area contributed by atoms with Crippen LogP contribution in [-0.2, 0) is 0 Å². The van der Waals surface area contributed by atoms with Crippen molar-refractivity contribution in [2.45, 2.75) is 0 Å². The molecule has 3 aromatic rings. The Kier molecular flexibility index (Phi) is 5.06. The van der Waals surface area contributed by atoms with Crippen molar-refractivity contribution in [1.29, 1.82) is 0 Å². The molecule has 1 aliphatic heterocycles. The van der Waals surface area contributed by atoms with E-state index in [1.165, 1.54) is 12.0 Å². The first-order chi connectivity index (χ1) is 14.1. The van der Waals surface area contributed by atoms with Crippen molar-refractivity contribution in [3.05, 3.63) is 75.3 Å². The lowest BCUT2D eigenvalue weighted by molar-refractivity contribution is 0.102. The SMILES string of the molecule is O=C(Nc1cc(N2CCN(c3ccccc3)CC2)ncn1)c1cc(=O)[nH]c(=O)[nH]1. The third-order valence-corrected chi connectivity index (χ3v) is 4.62. The van der Waals surface area contributed by atoms with Gasteiger partial charge in [-0.2, -0.15) is 0 Å². The second-order valence-corrected chi connectivity index (χ2v) is 6.53. The van der Waals surface area contributed by atoms with Crippen molar-refractivity contribution in [2.24, 2.45) is 0 Å². The maximum Gasteiger partial charge on any atom is 0.326 e. The highest BCUT2D eigenvalue weighted by Crippen LogP contribution is 2.20. The van der Waals surface area contributed by atoms with Gasteiger partial charge in [0.1, 0.15) is 23.7 Å². The molecule has 3 heterocycles. The number of amides is 1. The molecule has 0 atom stereocenters. The maximum absolute atomic E-state index is 12.3. The van der Waals surface area contributed by atoms with Gasteiger partial charge in [0.2, 0.25) is 0 Å². The van der Waals surface area contributed by atoms with Gasteiger partial charge in [0.05, 0.1) is 0 Å². The van der Waals surface area contributed by atoms with Crippen molar-refractivity contribution < 1.29 is 4.79 Å². The lowest BCUT2D eigenvalue weighted by atomic mass is 10.2. The Morgan fingerprint density at radius 3 is 2.38 bits per heavy atom. The van der Waals surface area contributed by atoms with Crippen LogP contribution < -0.4 is 26.4 Å². The number of aromatic nitrogens is 4. The first-order valence-corrected chi connectivity index (χ1v) is 9.10. The van der Waals surface area contributed by atoms with Gasteiger partial charge in [0.15, 0.2) is 0 Å². The maximum atomic E-state index is 12.3. The summed E-state index contributed by atoms with van der Waals surface area (Å²) in [6.45, 7) is 3.26. The molecule has 0 saturated carbocycles. The summed E-state index contributed by atoms with van der Waals surface area (Å²) in [7, 11) is 0. The van der Waals surface area contributed by atoms with Crippen LogP contribution >= 0.6 is 0 Å². The number of nitrogens with one attached hydrogen (secondary N) is 3. The van der Waals surface area contributed by atoms with E-state index < -0.39 is 17.2 Å². The number of piperazine rings is 1. The molecule has 1 aromatic carbocycles. The predicted octanol–water partition coefficient (Wildman–Crippen LogP) is 0.432. The molecule has 29 heavy (non-hydrogen) atoms. The van der Waals surface area contributed by atoms with E-state index in [0.29, 0.717) is 5.82 Å². The molecule has 0 radical (unpaired) electrons. The lowest BCUT2D eigenvalue weighted by Crippen LogP contribution is -2.46. The monoisotopic (exact) mass is 393 g/mol. The third-order valence-electron chi connectivity index (χ3n) is 4.62. The number of H-pyrrole nitrogens is 2. The Morgan fingerprint density at radius 1 is 0.931 bits per heavy atom. The van der Waals surface area contributed by atoms with Crippen LogP contribution in [0.3, 0.4) is 0 Å². The van der Waals surface area contributed by atoms with Crippen LogP contribution in [0.1, 0.15) is 10.5 Å². The van der Waals surface area contributed by atoms with Gasteiger partial charge < -0.3 is 20.1 Å². The molecule has 10 heteroatoms. The van der Waals surface area contributed by atoms with Gasteiger partial charge in [0, 0.05) is 44.0 Å². The van der Waals surface area contributed by atoms with E-state index in [1.54, 1.807) is 6.07 Å². The predicted molar refractivity (Wildman–Crippen MR) is 109 cm³/mol. The fourth-order valence-electron chi connectivity index (χ4n) is 3.20. The van der Waals surface area contributed by atoms with Gasteiger partial charge in [-0.25, -0.2) is 14.8 Å². The second kappa shape index (κ2) is 7.97. The number of rotatable bonds is 4. The summed E-state index contributed by atoms with van der Waals surface area (Å²) >= 11 is 0. The molecule has 0 spiro atoms. The van der Waals surface area contributed by atoms with Crippen molar-refractivity contribution in [2.75, 3.05) is 41.3 Å². The van der Waals surface area contributed by atoms with Gasteiger partial charge in [-0.3, -0.25) is 14.6 Å². The zero-order valence-electron chi connectivity index (χ0n) is 15.5. The molecule has 1 saturated heterocycles. The highest BCUT2D eigenvalue weighted by molar-refractivity contribution is 6.02. The Hall–Kier alpha value is -3.95. The molecule has 0 unspecified atom stereocenters. The van der Waals surface area contributed by atoms with Gasteiger partial charge in [-0.15, -0.1) is 0 Å². The molecular formula is C19H19N7O3. The molecule has 0 aliphatic carbocycles. The van der Waals surface area contributed by atoms with E-state index in [9.17, 15) is 14.4 Å². The van der Waals surface area contributed by atoms with Crippen molar-refractivity contribution in [1.82, 2.24) is 19.9 Å². The Labute approximate surface area is 165 Å². The van der Waals surface area contributed by atoms with E-state index in [-0.39, 0.29) is 11.5 Å². The molecule has 2 aromatic heterocycles. The molecule has 4 rings (SSSR count). The molecule has 1 amide bonds. The highest BCUT2D eigenvalue weighted by atomic mass is 16.2. The minimum absolute atomic E-state index is 0.143. The fraction of sp³-hybridized carbons (Fsp3) is 0.211. The molecule has 148 valence electrons. The quantitative estimate of drug-likeness (QED) is 0.587. The highest BCUT2D eigenvalue weighted by Gasteiger charge is 2.19. The van der Waals surface area contributed by atoms with Crippen LogP contribution in [0.25, 0.3) is 0 Å². The fourth-order valence-corrected chi connectivity index (χ4v) is 3.20. The Balaban J connectivity index is 1.43. The van der Waals surface area contributed by atoms with Crippen LogP contribution in [-0.4, -0.2) is 52.0 Å². The first kappa shape index (κ1) is 18.4. The van der Waals surface area contributed by atoms with E-state index >= 15 is 0 Å². The Bertz CT molecular complexity index is 1090. The molecule has 0 bridgehead atoms. The van der Waals surface area contributed by atoms with Gasteiger partial charge in [0.25, 0.3) is 11.5 Å². The zero-order valence-corrected chi connectivity index (χ0v) is 15.5. The van der Waals surface area contributed by atoms with E-state index in [0.717, 1.165) is 32.2 Å². The minimum Gasteiger partial charge on any atom is -0.368 e. The number of carbonyl (C=O) groups is 1. The summed E-state index contributed by atoms with van der Waals surface area (Å²) in [4.78, 5) is 52.1. The van der Waals surface area contributed by atoms with Crippen LogP contribution in [0.4, 0.5) is 17.3 Å². The molecule has 3 N–H and O–H groups in total. The second-order valence-electron chi connectivity index (χ2n) is 6.53. The number of aromatic amines is 2. The number of hydrogen-bond acceptors (Lipinski definition) is 7. The topological polar surface area (TPSA) is 127 Å². The van der Waals surface area contributed by atoms with Crippen LogP contribution in [0, 0.1) is 0 Å². The van der Waals surface area contributed by atoms with Gasteiger partial charge >= 0.3 is 5.69 Å². The number of para-hydroxylation sites is 1. The van der Waals surface area contributed by atoms with Crippen LogP contribution in [0.2, 0.25) is 0 Å². The number of benzene rings is 1. The van der Waals surface area contributed by atoms with Crippen molar-refractivity contribution in [3.8, 4) is 0 Å². The number of anilines is 3. The number of nitrogens with zero attached hydrogens (tertiary/aromatic N) is 4. The zero-order chi connectivity index (χ0) is 20.2. The third kappa shape index (κ3) is 4.32. The first-order valence-electron chi connectivity index (χ1n) is 9.10. The smallest absolute Gasteiger partial charge is 0.326 e. The lowest BCUT2D eigenvalue weighted by Gasteiger charge is -2.36. The summed E-state index contributed by atoms with van der Waals surface area (Å²) in [6.07, 6.45) is 1.37. The molecule has 1 fully saturated rings. The van der Waals surface area contributed by atoms with Crippen LogP contribution in [0.5, 0.6) is 0 Å². The summed E-state index contributed by atoms with van der Waals surface area (Å²) < 4.78 is 0. The van der Waals surface area contributed by atoms with Gasteiger partial charge in [-0.1, -0.05) is 18.2 Å². The van der Waals surface area contributed by atoms with E-state index in [2.05, 4.69) is 42.2 Å². The average molecular weight is 393 g/mol. The normalized spacial score (nSPS) is 13.9. The van der Waals surface area contributed by atoms with Crippen molar-refractivity contribution in [3.63, 3.8) is 0 Å². The summed E-state index contributed by atoms with van der Waals surface area (Å²) in [6, 6.07) is 12.9. The standard InChI is InChI=1S/C19H19N7O3/c27-17-10-14(22-19(29)24-17)18(28)23-15-11-16(21-12-20-15)26-8-6-25(7-9-26)13-4-2-1-3-5-13/h1-5,10-12H,6-9H2,(H,20,21,23,28)(H2,22,24,27,29). The van der Waals surface area contributed by atoms with E-state index in [4.69, 9.17) is 0 Å². The minimum atomic E-state index is -0.748. The van der Waals surface area contributed by atoms with Crippen molar-refractivity contribution >= 4 is 23.2 Å². The molecular weight excluding hydrogens is 374 g/mol. The van der Waals surface area contributed by atoms with Gasteiger partial charge in [-0.05, 0) is 12.1 Å². The summed E-state index contributed by atoms with van der Waals surface area (Å²) in [5.41, 5.74) is -0.356. The number of carbonyl (C=O) groups excluding carboxylic acids is 1. The van der Waals surface area contributed by atoms with E-state index in [1.807, 2.05) is 23.2 Å². The number of hydrogen-bond donors (Lipinski definition) is 3. The molecule has 10 nitrogen and oxygen atoms in total. The summed E-state index contributed by atoms with van der Waals surface area (Å²) in [5.74, 6) is 0.348. The largest absolute Gasteiger partial charge is 0.368 e. The molecule has 1 aliphatic rings. The van der Waals surface area contributed by atoms with Crippen LogP contribution in [0.15, 0.2) is 58.4 Å². The summed E-state index contributed by atoms with van der Waals surface area (Å²) in [5, 5.41) is 2.58. The Morgan fingerprint density at radius 2 is 1.66 bits per heavy atom. The average Bonchev–Trinajstić information content (AvgIpc) is 2.74.